The molecule has 114 valence electrons. The highest BCUT2D eigenvalue weighted by Crippen LogP contribution is 2.29. The van der Waals surface area contributed by atoms with Crippen molar-refractivity contribution in [2.45, 2.75) is 0 Å². The van der Waals surface area contributed by atoms with Gasteiger partial charge in [0.2, 0.25) is 0 Å². The van der Waals surface area contributed by atoms with Crippen molar-refractivity contribution >= 4 is 38.2 Å². The minimum absolute atomic E-state index is 0.141. The van der Waals surface area contributed by atoms with Gasteiger partial charge in [-0.1, -0.05) is 36.4 Å². The zero-order valence-corrected chi connectivity index (χ0v) is 12.5. The number of fused-ring (bicyclic) bond motifs is 7. The quantitative estimate of drug-likeness (QED) is 0.315. The normalized spacial score (nSPS) is 11.7. The predicted octanol–water partition coefficient (Wildman–Crippen LogP) is 4.29. The highest BCUT2D eigenvalue weighted by atomic mass is 19.1. The monoisotopic (exact) mass is 314 g/mol. The van der Waals surface area contributed by atoms with Crippen LogP contribution in [0.15, 0.2) is 71.5 Å². The van der Waals surface area contributed by atoms with Crippen LogP contribution < -0.4 is 5.56 Å². The molecule has 2 aromatic heterocycles. The van der Waals surface area contributed by atoms with Crippen LogP contribution in [0.3, 0.4) is 0 Å². The highest BCUT2D eigenvalue weighted by Gasteiger charge is 2.13. The molecule has 5 rings (SSSR count). The molecule has 0 fully saturated rings. The molecule has 0 bridgehead atoms. The van der Waals surface area contributed by atoms with Crippen LogP contribution in [0.5, 0.6) is 0 Å². The van der Waals surface area contributed by atoms with Gasteiger partial charge < -0.3 is 0 Å². The Morgan fingerprint density at radius 1 is 0.792 bits per heavy atom. The van der Waals surface area contributed by atoms with Crippen LogP contribution in [-0.4, -0.2) is 9.38 Å². The molecule has 0 aliphatic rings. The Bertz CT molecular complexity index is 1340. The lowest BCUT2D eigenvalue weighted by atomic mass is 10.1. The molecule has 0 unspecified atom stereocenters. The fourth-order valence-corrected chi connectivity index (χ4v) is 3.37. The summed E-state index contributed by atoms with van der Waals surface area (Å²) in [5.41, 5.74) is 1.73. The standard InChI is InChI=1S/C20H11FN2O/c21-12-9-10-13-14-5-2-4-8-18(14)23-19(16(13)11-12)22-17-7-3-1-6-15(17)20(23)24/h1-11H. The summed E-state index contributed by atoms with van der Waals surface area (Å²) in [6, 6.07) is 19.5. The van der Waals surface area contributed by atoms with E-state index in [0.717, 1.165) is 16.3 Å². The second-order valence-electron chi connectivity index (χ2n) is 5.80. The van der Waals surface area contributed by atoms with E-state index in [0.29, 0.717) is 21.9 Å². The Hall–Kier alpha value is -3.27. The molecule has 24 heavy (non-hydrogen) atoms. The van der Waals surface area contributed by atoms with Gasteiger partial charge >= 0.3 is 0 Å². The molecule has 0 atom stereocenters. The van der Waals surface area contributed by atoms with Gasteiger partial charge in [-0.25, -0.2) is 9.37 Å². The molecule has 0 amide bonds. The molecule has 0 aliphatic carbocycles. The topological polar surface area (TPSA) is 34.4 Å². The third-order valence-corrected chi connectivity index (χ3v) is 4.43. The van der Waals surface area contributed by atoms with Crippen LogP contribution in [0, 0.1) is 5.82 Å². The molecule has 2 heterocycles. The number of rotatable bonds is 0. The van der Waals surface area contributed by atoms with Gasteiger partial charge in [-0.2, -0.15) is 0 Å². The lowest BCUT2D eigenvalue weighted by molar-refractivity contribution is 0.630. The van der Waals surface area contributed by atoms with Gasteiger partial charge in [-0.3, -0.25) is 9.20 Å². The highest BCUT2D eigenvalue weighted by molar-refractivity contribution is 6.12. The van der Waals surface area contributed by atoms with Crippen LogP contribution in [0.1, 0.15) is 0 Å². The summed E-state index contributed by atoms with van der Waals surface area (Å²) < 4.78 is 15.4. The molecule has 0 saturated carbocycles. The number of halogens is 1. The predicted molar refractivity (Wildman–Crippen MR) is 93.9 cm³/mol. The molecule has 3 aromatic carbocycles. The molecule has 3 nitrogen and oxygen atoms in total. The Morgan fingerprint density at radius 3 is 2.42 bits per heavy atom. The van der Waals surface area contributed by atoms with Gasteiger partial charge in [0.25, 0.3) is 5.56 Å². The van der Waals surface area contributed by atoms with Crippen LogP contribution >= 0.6 is 0 Å². The average Bonchev–Trinajstić information content (AvgIpc) is 2.62. The Balaban J connectivity index is 2.23. The Morgan fingerprint density at radius 2 is 1.54 bits per heavy atom. The largest absolute Gasteiger partial charge is 0.268 e. The van der Waals surface area contributed by atoms with Crippen LogP contribution in [0.4, 0.5) is 4.39 Å². The van der Waals surface area contributed by atoms with Crippen molar-refractivity contribution in [3.05, 3.63) is 82.9 Å². The Kier molecular flexibility index (Phi) is 2.54. The van der Waals surface area contributed by atoms with Crippen molar-refractivity contribution in [1.29, 1.82) is 0 Å². The summed E-state index contributed by atoms with van der Waals surface area (Å²) in [6.45, 7) is 0. The van der Waals surface area contributed by atoms with Gasteiger partial charge in [-0.05, 0) is 35.7 Å². The molecular formula is C20H11FN2O. The van der Waals surface area contributed by atoms with Crippen molar-refractivity contribution in [2.24, 2.45) is 0 Å². The second kappa shape index (κ2) is 4.61. The van der Waals surface area contributed by atoms with Gasteiger partial charge in [0.05, 0.1) is 16.4 Å². The first-order valence-corrected chi connectivity index (χ1v) is 7.65. The maximum Gasteiger partial charge on any atom is 0.266 e. The first-order chi connectivity index (χ1) is 11.7. The number of hydrogen-bond donors (Lipinski definition) is 0. The van der Waals surface area contributed by atoms with E-state index in [4.69, 9.17) is 0 Å². The van der Waals surface area contributed by atoms with Gasteiger partial charge in [0.15, 0.2) is 0 Å². The smallest absolute Gasteiger partial charge is 0.266 e. The SMILES string of the molecule is O=c1c2ccccc2nc2c3cc(F)ccc3c3ccccc3n12. The van der Waals surface area contributed by atoms with Gasteiger partial charge in [-0.15, -0.1) is 0 Å². The number of nitrogens with zero attached hydrogens (tertiary/aromatic N) is 2. The minimum atomic E-state index is -0.345. The zero-order valence-electron chi connectivity index (χ0n) is 12.5. The summed E-state index contributed by atoms with van der Waals surface area (Å²) >= 11 is 0. The van der Waals surface area contributed by atoms with Crippen LogP contribution in [-0.2, 0) is 0 Å². The maximum absolute atomic E-state index is 13.9. The number of para-hydroxylation sites is 2. The number of benzene rings is 3. The third kappa shape index (κ3) is 1.65. The summed E-state index contributed by atoms with van der Waals surface area (Å²) in [4.78, 5) is 17.7. The number of aromatic nitrogens is 2. The third-order valence-electron chi connectivity index (χ3n) is 4.43. The van der Waals surface area contributed by atoms with Crippen molar-refractivity contribution < 1.29 is 4.39 Å². The van der Waals surface area contributed by atoms with Crippen molar-refractivity contribution in [2.75, 3.05) is 0 Å². The van der Waals surface area contributed by atoms with E-state index in [1.165, 1.54) is 12.1 Å². The fourth-order valence-electron chi connectivity index (χ4n) is 3.37. The van der Waals surface area contributed by atoms with E-state index in [1.807, 2.05) is 36.4 Å². The van der Waals surface area contributed by atoms with Crippen molar-refractivity contribution in [1.82, 2.24) is 9.38 Å². The minimum Gasteiger partial charge on any atom is -0.268 e. The summed E-state index contributed by atoms with van der Waals surface area (Å²) in [6.07, 6.45) is 0. The van der Waals surface area contributed by atoms with Gasteiger partial charge in [0.1, 0.15) is 11.5 Å². The molecule has 0 N–H and O–H groups in total. The number of hydrogen-bond acceptors (Lipinski definition) is 2. The Labute approximate surface area is 135 Å². The van der Waals surface area contributed by atoms with Crippen LogP contribution in [0.2, 0.25) is 0 Å². The second-order valence-corrected chi connectivity index (χ2v) is 5.80. The summed E-state index contributed by atoms with van der Waals surface area (Å²) in [5.74, 6) is -0.345. The first-order valence-electron chi connectivity index (χ1n) is 7.65. The van der Waals surface area contributed by atoms with E-state index in [9.17, 15) is 9.18 Å². The summed E-state index contributed by atoms with van der Waals surface area (Å²) in [7, 11) is 0. The maximum atomic E-state index is 13.9. The zero-order chi connectivity index (χ0) is 16.3. The molecule has 0 spiro atoms. The van der Waals surface area contributed by atoms with Crippen LogP contribution in [0.25, 0.3) is 38.2 Å². The molecule has 5 aromatic rings. The summed E-state index contributed by atoms with van der Waals surface area (Å²) in [5, 5.41) is 2.97. The van der Waals surface area contributed by atoms with Gasteiger partial charge in [0, 0.05) is 10.8 Å². The van der Waals surface area contributed by atoms with E-state index in [1.54, 1.807) is 22.6 Å². The van der Waals surface area contributed by atoms with E-state index < -0.39 is 0 Å². The van der Waals surface area contributed by atoms with E-state index in [-0.39, 0.29) is 11.4 Å². The fraction of sp³-hybridized carbons (Fsp3) is 0. The molecular weight excluding hydrogens is 303 g/mol. The van der Waals surface area contributed by atoms with E-state index in [2.05, 4.69) is 4.98 Å². The lowest BCUT2D eigenvalue weighted by Crippen LogP contribution is -2.16. The van der Waals surface area contributed by atoms with Crippen molar-refractivity contribution in [3.63, 3.8) is 0 Å². The van der Waals surface area contributed by atoms with E-state index >= 15 is 0 Å². The lowest BCUT2D eigenvalue weighted by Gasteiger charge is -2.12. The molecule has 0 radical (unpaired) electrons. The molecule has 0 aliphatic heterocycles. The van der Waals surface area contributed by atoms with Crippen molar-refractivity contribution in [3.8, 4) is 0 Å². The number of pyridine rings is 1. The first kappa shape index (κ1) is 13.2. The molecule has 0 saturated heterocycles. The average molecular weight is 314 g/mol. The molecule has 4 heteroatoms.